The van der Waals surface area contributed by atoms with E-state index in [9.17, 15) is 18.9 Å². The van der Waals surface area contributed by atoms with E-state index >= 15 is 0 Å². The molecule has 1 saturated carbocycles. The highest BCUT2D eigenvalue weighted by atomic mass is 19.1. The second kappa shape index (κ2) is 5.34. The van der Waals surface area contributed by atoms with Gasteiger partial charge in [0.15, 0.2) is 11.6 Å². The van der Waals surface area contributed by atoms with Gasteiger partial charge in [-0.05, 0) is 18.3 Å². The normalized spacial score (nSPS) is 21.5. The minimum absolute atomic E-state index is 0.0401. The van der Waals surface area contributed by atoms with Gasteiger partial charge in [-0.3, -0.25) is 10.1 Å². The van der Waals surface area contributed by atoms with Gasteiger partial charge >= 0.3 is 0 Å². The van der Waals surface area contributed by atoms with Gasteiger partial charge in [-0.25, -0.2) is 8.78 Å². The number of nitro groups is 1. The van der Waals surface area contributed by atoms with Crippen molar-refractivity contribution < 1.29 is 13.7 Å². The third-order valence-corrected chi connectivity index (χ3v) is 4.06. The lowest BCUT2D eigenvalue weighted by Crippen LogP contribution is -2.39. The van der Waals surface area contributed by atoms with Crippen LogP contribution in [0.15, 0.2) is 12.1 Å². The van der Waals surface area contributed by atoms with Gasteiger partial charge in [0, 0.05) is 6.04 Å². The molecule has 0 spiro atoms. The summed E-state index contributed by atoms with van der Waals surface area (Å²) in [5.74, 6) is -1.84. The summed E-state index contributed by atoms with van der Waals surface area (Å²) >= 11 is 0. The van der Waals surface area contributed by atoms with Crippen molar-refractivity contribution >= 4 is 11.4 Å². The van der Waals surface area contributed by atoms with Crippen LogP contribution >= 0.6 is 0 Å². The van der Waals surface area contributed by atoms with E-state index in [0.717, 1.165) is 37.8 Å². The maximum absolute atomic E-state index is 13.9. The third-order valence-electron chi connectivity index (χ3n) is 4.06. The first-order valence-corrected chi connectivity index (χ1v) is 6.71. The summed E-state index contributed by atoms with van der Waals surface area (Å²) in [7, 11) is 0. The molecule has 0 heterocycles. The standard InChI is InChI=1S/C14H18F2N2O2/c1-14(2)6-4-3-5-12(14)17-13-10(15)7-9(18(19)20)8-11(13)16/h7-8,12,17H,3-6H2,1-2H3. The Kier molecular flexibility index (Phi) is 3.92. The molecule has 4 nitrogen and oxygen atoms in total. The summed E-state index contributed by atoms with van der Waals surface area (Å²) < 4.78 is 27.7. The minimum atomic E-state index is -0.918. The van der Waals surface area contributed by atoms with Gasteiger partial charge in [0.1, 0.15) is 5.69 Å². The average molecular weight is 284 g/mol. The van der Waals surface area contributed by atoms with Gasteiger partial charge in [0.05, 0.1) is 17.1 Å². The quantitative estimate of drug-likeness (QED) is 0.666. The molecule has 6 heteroatoms. The number of rotatable bonds is 3. The molecule has 0 amide bonds. The molecule has 0 radical (unpaired) electrons. The highest BCUT2D eigenvalue weighted by Crippen LogP contribution is 2.38. The minimum Gasteiger partial charge on any atom is -0.377 e. The zero-order valence-corrected chi connectivity index (χ0v) is 11.6. The Morgan fingerprint density at radius 2 is 1.90 bits per heavy atom. The van der Waals surface area contributed by atoms with Crippen LogP contribution in [0.4, 0.5) is 20.2 Å². The van der Waals surface area contributed by atoms with Crippen LogP contribution in [-0.4, -0.2) is 11.0 Å². The maximum Gasteiger partial charge on any atom is 0.275 e. The maximum atomic E-state index is 13.9. The van der Waals surface area contributed by atoms with Gasteiger partial charge in [-0.15, -0.1) is 0 Å². The summed E-state index contributed by atoms with van der Waals surface area (Å²) in [5, 5.41) is 13.5. The number of halogens is 2. The Labute approximate surface area is 116 Å². The predicted octanol–water partition coefficient (Wildman–Crippen LogP) is 4.25. The molecule has 1 unspecified atom stereocenters. The zero-order valence-electron chi connectivity index (χ0n) is 11.6. The number of hydrogen-bond donors (Lipinski definition) is 1. The topological polar surface area (TPSA) is 55.2 Å². The van der Waals surface area contributed by atoms with Crippen molar-refractivity contribution in [3.8, 4) is 0 Å². The van der Waals surface area contributed by atoms with Crippen LogP contribution in [0, 0.1) is 27.2 Å². The second-order valence-electron chi connectivity index (χ2n) is 5.97. The molecular weight excluding hydrogens is 266 g/mol. The molecule has 1 aliphatic rings. The Hall–Kier alpha value is -1.72. The van der Waals surface area contributed by atoms with E-state index in [1.165, 1.54) is 0 Å². The van der Waals surface area contributed by atoms with Gasteiger partial charge < -0.3 is 5.32 Å². The van der Waals surface area contributed by atoms with Crippen LogP contribution in [0.25, 0.3) is 0 Å². The van der Waals surface area contributed by atoms with E-state index < -0.39 is 22.2 Å². The van der Waals surface area contributed by atoms with E-state index in [1.807, 2.05) is 0 Å². The molecule has 1 aromatic carbocycles. The molecule has 0 saturated heterocycles. The molecule has 0 aliphatic heterocycles. The highest BCUT2D eigenvalue weighted by molar-refractivity contribution is 5.52. The lowest BCUT2D eigenvalue weighted by Gasteiger charge is -2.39. The number of benzene rings is 1. The van der Waals surface area contributed by atoms with Crippen molar-refractivity contribution in [2.24, 2.45) is 5.41 Å². The summed E-state index contributed by atoms with van der Waals surface area (Å²) in [6.45, 7) is 4.12. The molecule has 20 heavy (non-hydrogen) atoms. The first-order chi connectivity index (χ1) is 9.31. The van der Waals surface area contributed by atoms with Gasteiger partial charge in [0.2, 0.25) is 0 Å². The third kappa shape index (κ3) is 2.89. The van der Waals surface area contributed by atoms with Crippen LogP contribution in [0.5, 0.6) is 0 Å². The summed E-state index contributed by atoms with van der Waals surface area (Å²) in [6, 6.07) is 1.46. The fraction of sp³-hybridized carbons (Fsp3) is 0.571. The summed E-state index contributed by atoms with van der Waals surface area (Å²) in [6.07, 6.45) is 3.94. The number of anilines is 1. The first-order valence-electron chi connectivity index (χ1n) is 6.71. The van der Waals surface area contributed by atoms with Gasteiger partial charge in [-0.1, -0.05) is 26.7 Å². The molecule has 1 aliphatic carbocycles. The molecule has 0 aromatic heterocycles. The Morgan fingerprint density at radius 1 is 1.30 bits per heavy atom. The Bertz CT molecular complexity index is 509. The van der Waals surface area contributed by atoms with Crippen LogP contribution < -0.4 is 5.32 Å². The van der Waals surface area contributed by atoms with E-state index in [1.54, 1.807) is 0 Å². The van der Waals surface area contributed by atoms with E-state index in [4.69, 9.17) is 0 Å². The lowest BCUT2D eigenvalue weighted by atomic mass is 9.73. The molecule has 1 fully saturated rings. The van der Waals surface area contributed by atoms with Crippen LogP contribution in [0.3, 0.4) is 0 Å². The second-order valence-corrected chi connectivity index (χ2v) is 5.97. The van der Waals surface area contributed by atoms with Crippen molar-refractivity contribution in [3.63, 3.8) is 0 Å². The van der Waals surface area contributed by atoms with Gasteiger partial charge in [-0.2, -0.15) is 0 Å². The lowest BCUT2D eigenvalue weighted by molar-refractivity contribution is -0.385. The van der Waals surface area contributed by atoms with E-state index in [0.29, 0.717) is 0 Å². The Balaban J connectivity index is 2.27. The largest absolute Gasteiger partial charge is 0.377 e. The van der Waals surface area contributed by atoms with Crippen LogP contribution in [0.1, 0.15) is 39.5 Å². The van der Waals surface area contributed by atoms with E-state index in [-0.39, 0.29) is 17.1 Å². The average Bonchev–Trinajstić information content (AvgIpc) is 2.34. The van der Waals surface area contributed by atoms with Gasteiger partial charge in [0.25, 0.3) is 5.69 Å². The van der Waals surface area contributed by atoms with Crippen LogP contribution in [0.2, 0.25) is 0 Å². The number of non-ortho nitro benzene ring substituents is 1. The van der Waals surface area contributed by atoms with Crippen molar-refractivity contribution in [3.05, 3.63) is 33.9 Å². The van der Waals surface area contributed by atoms with Crippen molar-refractivity contribution in [1.29, 1.82) is 0 Å². The van der Waals surface area contributed by atoms with Crippen molar-refractivity contribution in [2.75, 3.05) is 5.32 Å². The van der Waals surface area contributed by atoms with Crippen molar-refractivity contribution in [1.82, 2.24) is 0 Å². The molecule has 1 atom stereocenters. The van der Waals surface area contributed by atoms with E-state index in [2.05, 4.69) is 19.2 Å². The molecule has 1 aromatic rings. The smallest absolute Gasteiger partial charge is 0.275 e. The monoisotopic (exact) mass is 284 g/mol. The Morgan fingerprint density at radius 3 is 2.40 bits per heavy atom. The van der Waals surface area contributed by atoms with Crippen molar-refractivity contribution in [2.45, 2.75) is 45.6 Å². The summed E-state index contributed by atoms with van der Waals surface area (Å²) in [5.41, 5.74) is -0.900. The first kappa shape index (κ1) is 14.7. The molecule has 1 N–H and O–H groups in total. The molecule has 110 valence electrons. The molecular formula is C14H18F2N2O2. The number of nitro benzene ring substituents is 1. The number of hydrogen-bond acceptors (Lipinski definition) is 3. The highest BCUT2D eigenvalue weighted by Gasteiger charge is 2.33. The number of nitrogens with zero attached hydrogens (tertiary/aromatic N) is 1. The number of nitrogens with one attached hydrogen (secondary N) is 1. The summed E-state index contributed by atoms with van der Waals surface area (Å²) in [4.78, 5) is 9.76. The predicted molar refractivity (Wildman–Crippen MR) is 72.7 cm³/mol. The molecule has 0 bridgehead atoms. The fourth-order valence-corrected chi connectivity index (χ4v) is 2.74. The zero-order chi connectivity index (χ0) is 14.9. The molecule has 2 rings (SSSR count). The SMILES string of the molecule is CC1(C)CCCCC1Nc1c(F)cc([N+](=O)[O-])cc1F. The fourth-order valence-electron chi connectivity index (χ4n) is 2.74. The van der Waals surface area contributed by atoms with Crippen LogP contribution in [-0.2, 0) is 0 Å².